The van der Waals surface area contributed by atoms with Crippen LogP contribution >= 0.6 is 11.6 Å². The third-order valence-corrected chi connectivity index (χ3v) is 8.80. The highest BCUT2D eigenvalue weighted by Gasteiger charge is 2.30. The number of nitrogens with zero attached hydrogens (tertiary/aromatic N) is 3. The zero-order chi connectivity index (χ0) is 31.4. The van der Waals surface area contributed by atoms with Crippen LogP contribution in [0.25, 0.3) is 28.0 Å². The van der Waals surface area contributed by atoms with E-state index in [9.17, 15) is 4.79 Å². The van der Waals surface area contributed by atoms with Crippen molar-refractivity contribution in [3.05, 3.63) is 81.1 Å². The standard InChI is InChI=1S/C33H41ClFN7O2/c1-3-41-24(14-15-44-32(37)38)8-5-9-29(41)22-10-12-25(13-11-22)42-19-23-18-28(39-31(23)40-33(42)43)26-16-21(7-4-6-20(2)36)17-27(34)30(26)35/h10-13,16-20,24,29H,3-9,14-15,36H2,1-2H3,(H3,37,38)(H,39,40,43)/t20-,24-,29?/m0/s1. The summed E-state index contributed by atoms with van der Waals surface area (Å²) in [5.41, 5.74) is 14.9. The Hall–Kier alpha value is -3.73. The first-order valence-electron chi connectivity index (χ1n) is 15.3. The number of H-pyrrole nitrogens is 1. The maximum absolute atomic E-state index is 15.1. The van der Waals surface area contributed by atoms with Gasteiger partial charge < -0.3 is 21.2 Å². The predicted octanol–water partition coefficient (Wildman–Crippen LogP) is 6.06. The van der Waals surface area contributed by atoms with Crippen LogP contribution in [0.3, 0.4) is 0 Å². The van der Waals surface area contributed by atoms with Crippen LogP contribution in [0.4, 0.5) is 4.39 Å². The van der Waals surface area contributed by atoms with E-state index in [1.54, 1.807) is 24.4 Å². The van der Waals surface area contributed by atoms with Crippen molar-refractivity contribution in [2.75, 3.05) is 13.2 Å². The van der Waals surface area contributed by atoms with Crippen LogP contribution in [-0.2, 0) is 11.2 Å². The number of aromatic nitrogens is 3. The predicted molar refractivity (Wildman–Crippen MR) is 174 cm³/mol. The molecule has 2 aromatic heterocycles. The molecule has 9 nitrogen and oxygen atoms in total. The minimum atomic E-state index is -0.516. The quantitative estimate of drug-likeness (QED) is 0.119. The Kier molecular flexibility index (Phi) is 10.0. The normalized spacial score (nSPS) is 18.0. The fraction of sp³-hybridized carbons (Fsp3) is 0.424. The summed E-state index contributed by atoms with van der Waals surface area (Å²) < 4.78 is 21.9. The molecule has 2 aromatic carbocycles. The van der Waals surface area contributed by atoms with Gasteiger partial charge in [0.1, 0.15) is 5.65 Å². The molecule has 44 heavy (non-hydrogen) atoms. The topological polar surface area (TPSA) is 139 Å². The lowest BCUT2D eigenvalue weighted by molar-refractivity contribution is 0.0717. The summed E-state index contributed by atoms with van der Waals surface area (Å²) in [6.07, 6.45) is 8.25. The van der Waals surface area contributed by atoms with Crippen LogP contribution in [0.15, 0.2) is 53.5 Å². The average Bonchev–Trinajstić information content (AvgIpc) is 3.40. The lowest BCUT2D eigenvalue weighted by atomic mass is 9.89. The van der Waals surface area contributed by atoms with Crippen molar-refractivity contribution in [3.63, 3.8) is 0 Å². The van der Waals surface area contributed by atoms with Crippen LogP contribution in [0, 0.1) is 11.2 Å². The number of likely N-dealkylation sites (tertiary alicyclic amines) is 1. The summed E-state index contributed by atoms with van der Waals surface area (Å²) in [4.78, 5) is 23.0. The van der Waals surface area contributed by atoms with Crippen molar-refractivity contribution in [1.29, 1.82) is 5.41 Å². The number of hydrogen-bond acceptors (Lipinski definition) is 6. The molecule has 0 radical (unpaired) electrons. The molecule has 3 heterocycles. The van der Waals surface area contributed by atoms with Crippen molar-refractivity contribution in [2.24, 2.45) is 11.5 Å². The van der Waals surface area contributed by atoms with Gasteiger partial charge in [-0.15, -0.1) is 0 Å². The summed E-state index contributed by atoms with van der Waals surface area (Å²) >= 11 is 6.26. The molecule has 5 rings (SSSR count). The van der Waals surface area contributed by atoms with E-state index in [0.717, 1.165) is 57.1 Å². The van der Waals surface area contributed by atoms with Crippen molar-refractivity contribution < 1.29 is 9.13 Å². The molecule has 1 fully saturated rings. The Morgan fingerprint density at radius 2 is 2.02 bits per heavy atom. The summed E-state index contributed by atoms with van der Waals surface area (Å²) in [5, 5.41) is 8.05. The van der Waals surface area contributed by atoms with E-state index in [-0.39, 0.29) is 23.1 Å². The van der Waals surface area contributed by atoms with Crippen LogP contribution in [0.5, 0.6) is 0 Å². The van der Waals surface area contributed by atoms with Crippen molar-refractivity contribution in [1.82, 2.24) is 19.4 Å². The van der Waals surface area contributed by atoms with Gasteiger partial charge in [0.05, 0.1) is 23.0 Å². The van der Waals surface area contributed by atoms with Gasteiger partial charge in [-0.3, -0.25) is 14.9 Å². The second-order valence-electron chi connectivity index (χ2n) is 11.7. The maximum Gasteiger partial charge on any atom is 0.354 e. The highest BCUT2D eigenvalue weighted by Crippen LogP contribution is 2.36. The number of fused-ring (bicyclic) bond motifs is 1. The molecule has 0 amide bonds. The van der Waals surface area contributed by atoms with E-state index in [2.05, 4.69) is 33.9 Å². The highest BCUT2D eigenvalue weighted by atomic mass is 35.5. The van der Waals surface area contributed by atoms with Crippen LogP contribution in [-0.4, -0.2) is 50.7 Å². The minimum absolute atomic E-state index is 0.0555. The van der Waals surface area contributed by atoms with Gasteiger partial charge >= 0.3 is 5.69 Å². The molecule has 1 unspecified atom stereocenters. The third-order valence-electron chi connectivity index (χ3n) is 8.53. The average molecular weight is 622 g/mol. The second kappa shape index (κ2) is 13.9. The number of aryl methyl sites for hydroxylation is 1. The number of ether oxygens (including phenoxy) is 1. The van der Waals surface area contributed by atoms with Gasteiger partial charge in [0.15, 0.2) is 5.82 Å². The second-order valence-corrected chi connectivity index (χ2v) is 12.1. The maximum atomic E-state index is 15.1. The number of benzene rings is 2. The summed E-state index contributed by atoms with van der Waals surface area (Å²) in [6.45, 7) is 5.46. The largest absolute Gasteiger partial charge is 0.466 e. The van der Waals surface area contributed by atoms with E-state index >= 15 is 4.39 Å². The Morgan fingerprint density at radius 3 is 2.73 bits per heavy atom. The van der Waals surface area contributed by atoms with Gasteiger partial charge in [0, 0.05) is 35.3 Å². The van der Waals surface area contributed by atoms with Crippen LogP contribution in [0.1, 0.15) is 69.5 Å². The van der Waals surface area contributed by atoms with Crippen molar-refractivity contribution in [3.8, 4) is 16.9 Å². The molecule has 1 saturated heterocycles. The van der Waals surface area contributed by atoms with Gasteiger partial charge in [0.2, 0.25) is 0 Å². The van der Waals surface area contributed by atoms with E-state index < -0.39 is 11.5 Å². The van der Waals surface area contributed by atoms with Crippen LogP contribution < -0.4 is 17.2 Å². The molecule has 4 aromatic rings. The Morgan fingerprint density at radius 1 is 1.25 bits per heavy atom. The monoisotopic (exact) mass is 621 g/mol. The molecular formula is C33H41ClFN7O2. The Balaban J connectivity index is 1.38. The summed E-state index contributed by atoms with van der Waals surface area (Å²) in [7, 11) is 0. The number of nitrogens with one attached hydrogen (secondary N) is 2. The van der Waals surface area contributed by atoms with E-state index in [4.69, 9.17) is 33.2 Å². The molecule has 0 aliphatic carbocycles. The molecule has 11 heteroatoms. The molecular weight excluding hydrogens is 581 g/mol. The zero-order valence-electron chi connectivity index (χ0n) is 25.3. The zero-order valence-corrected chi connectivity index (χ0v) is 26.0. The summed E-state index contributed by atoms with van der Waals surface area (Å²) in [5.74, 6) is -0.516. The number of aromatic amines is 1. The number of nitrogens with two attached hydrogens (primary N) is 2. The molecule has 6 N–H and O–H groups in total. The van der Waals surface area contributed by atoms with E-state index in [1.165, 1.54) is 10.1 Å². The minimum Gasteiger partial charge on any atom is -0.466 e. The van der Waals surface area contributed by atoms with Crippen molar-refractivity contribution in [2.45, 2.75) is 76.9 Å². The molecule has 0 spiro atoms. The van der Waals surface area contributed by atoms with Crippen molar-refractivity contribution >= 4 is 28.7 Å². The molecule has 234 valence electrons. The SMILES string of the molecule is CCN1C(c2ccc(-n3cc4cc(-c5cc(CCC[C@H](C)N)cc(Cl)c5F)[nH]c4nc3=O)cc2)CCC[C@H]1CCOC(=N)N. The Labute approximate surface area is 261 Å². The van der Waals surface area contributed by atoms with Crippen LogP contribution in [0.2, 0.25) is 5.02 Å². The molecule has 1 aliphatic heterocycles. The number of amidine groups is 1. The first-order valence-corrected chi connectivity index (χ1v) is 15.7. The molecule has 0 saturated carbocycles. The van der Waals surface area contributed by atoms with Gasteiger partial charge in [-0.05, 0) is 99.9 Å². The van der Waals surface area contributed by atoms with Gasteiger partial charge in [-0.2, -0.15) is 4.98 Å². The third kappa shape index (κ3) is 7.14. The van der Waals surface area contributed by atoms with E-state index in [1.807, 2.05) is 19.1 Å². The lowest BCUT2D eigenvalue weighted by Crippen LogP contribution is -2.42. The van der Waals surface area contributed by atoms with E-state index in [0.29, 0.717) is 40.6 Å². The first-order chi connectivity index (χ1) is 21.1. The fourth-order valence-electron chi connectivity index (χ4n) is 6.38. The van der Waals surface area contributed by atoms with Gasteiger partial charge in [-0.1, -0.05) is 30.7 Å². The number of hydrogen-bond donors (Lipinski definition) is 4. The molecule has 0 bridgehead atoms. The fourth-order valence-corrected chi connectivity index (χ4v) is 6.62. The summed E-state index contributed by atoms with van der Waals surface area (Å²) in [6, 6.07) is 13.7. The Bertz CT molecular complexity index is 1670. The first kappa shape index (κ1) is 31.7. The van der Waals surface area contributed by atoms with Gasteiger partial charge in [0.25, 0.3) is 6.02 Å². The van der Waals surface area contributed by atoms with Gasteiger partial charge in [-0.25, -0.2) is 9.18 Å². The number of piperidine rings is 1. The molecule has 3 atom stereocenters. The lowest BCUT2D eigenvalue weighted by Gasteiger charge is -2.42. The highest BCUT2D eigenvalue weighted by molar-refractivity contribution is 6.31. The number of rotatable bonds is 11. The number of halogens is 2. The smallest absolute Gasteiger partial charge is 0.354 e. The molecule has 1 aliphatic rings.